The van der Waals surface area contributed by atoms with Crippen LogP contribution >= 0.6 is 23.2 Å². The third kappa shape index (κ3) is 4.59. The Kier molecular flexibility index (Phi) is 6.27. The number of hydrogen-bond acceptors (Lipinski definition) is 3. The molecule has 0 aromatic heterocycles. The number of aliphatic carboxylic acids is 1. The highest BCUT2D eigenvalue weighted by molar-refractivity contribution is 6.43. The van der Waals surface area contributed by atoms with Crippen LogP contribution in [0.15, 0.2) is 18.2 Å². The Balaban J connectivity index is 2.04. The zero-order valence-corrected chi connectivity index (χ0v) is 14.5. The third-order valence-electron chi connectivity index (χ3n) is 4.17. The maximum Gasteiger partial charge on any atom is 0.317 e. The van der Waals surface area contributed by atoms with E-state index in [0.29, 0.717) is 23.7 Å². The van der Waals surface area contributed by atoms with Crippen LogP contribution in [0.25, 0.3) is 0 Å². The van der Waals surface area contributed by atoms with E-state index in [4.69, 9.17) is 28.3 Å². The molecule has 1 aliphatic rings. The summed E-state index contributed by atoms with van der Waals surface area (Å²) in [4.78, 5) is 27.1. The number of carbonyl (C=O) groups is 2. The van der Waals surface area contributed by atoms with E-state index in [0.717, 1.165) is 19.3 Å². The highest BCUT2D eigenvalue weighted by atomic mass is 35.5. The summed E-state index contributed by atoms with van der Waals surface area (Å²) >= 11 is 12.1. The monoisotopic (exact) mass is 358 g/mol. The lowest BCUT2D eigenvalue weighted by Gasteiger charge is -2.25. The molecular formula is C16H20Cl2N2O3. The number of halogens is 2. The smallest absolute Gasteiger partial charge is 0.317 e. The SMILES string of the molecule is CN(CC(=O)O)C1CCCN(C(=O)c2cccc(Cl)c2Cl)CC1. The minimum atomic E-state index is -0.838. The Hall–Kier alpha value is -1.30. The van der Waals surface area contributed by atoms with Crippen LogP contribution in [0.4, 0.5) is 0 Å². The molecule has 23 heavy (non-hydrogen) atoms. The summed E-state index contributed by atoms with van der Waals surface area (Å²) in [5, 5.41) is 9.54. The van der Waals surface area contributed by atoms with Gasteiger partial charge in [0.15, 0.2) is 0 Å². The summed E-state index contributed by atoms with van der Waals surface area (Å²) in [6.07, 6.45) is 2.45. The van der Waals surface area contributed by atoms with E-state index in [-0.39, 0.29) is 23.5 Å². The van der Waals surface area contributed by atoms with Crippen molar-refractivity contribution in [3.05, 3.63) is 33.8 Å². The molecule has 1 saturated heterocycles. The lowest BCUT2D eigenvalue weighted by Crippen LogP contribution is -2.37. The molecule has 1 aliphatic heterocycles. The summed E-state index contributed by atoms with van der Waals surface area (Å²) in [6, 6.07) is 5.21. The van der Waals surface area contributed by atoms with E-state index in [9.17, 15) is 9.59 Å². The van der Waals surface area contributed by atoms with E-state index in [1.54, 1.807) is 23.1 Å². The molecule has 0 spiro atoms. The average molecular weight is 359 g/mol. The summed E-state index contributed by atoms with van der Waals surface area (Å²) in [6.45, 7) is 1.23. The Labute approximate surface area is 145 Å². The van der Waals surface area contributed by atoms with Crippen molar-refractivity contribution in [2.75, 3.05) is 26.7 Å². The van der Waals surface area contributed by atoms with Gasteiger partial charge in [-0.15, -0.1) is 0 Å². The van der Waals surface area contributed by atoms with Gasteiger partial charge in [0.25, 0.3) is 5.91 Å². The van der Waals surface area contributed by atoms with Gasteiger partial charge in [0.1, 0.15) is 0 Å². The molecule has 0 radical (unpaired) electrons. The lowest BCUT2D eigenvalue weighted by atomic mass is 10.1. The first-order valence-electron chi connectivity index (χ1n) is 7.55. The maximum absolute atomic E-state index is 12.7. The zero-order chi connectivity index (χ0) is 17.0. The molecule has 1 fully saturated rings. The minimum Gasteiger partial charge on any atom is -0.480 e. The number of carboxylic acid groups (broad SMARTS) is 1. The standard InChI is InChI=1S/C16H20Cl2N2O3/c1-19(10-14(21)22)11-4-3-8-20(9-7-11)16(23)12-5-2-6-13(17)15(12)18/h2,5-6,11H,3-4,7-10H2,1H3,(H,21,22). The van der Waals surface area contributed by atoms with E-state index in [1.807, 2.05) is 11.9 Å². The molecule has 126 valence electrons. The second kappa shape index (κ2) is 7.99. The Morgan fingerprint density at radius 1 is 1.30 bits per heavy atom. The number of likely N-dealkylation sites (tertiary alicyclic amines) is 1. The number of carbonyl (C=O) groups excluding carboxylic acids is 1. The number of benzene rings is 1. The van der Waals surface area contributed by atoms with Crippen molar-refractivity contribution in [3.8, 4) is 0 Å². The first-order chi connectivity index (χ1) is 10.9. The van der Waals surface area contributed by atoms with Crippen LogP contribution in [0.5, 0.6) is 0 Å². The molecular weight excluding hydrogens is 339 g/mol. The van der Waals surface area contributed by atoms with Crippen molar-refractivity contribution in [2.45, 2.75) is 25.3 Å². The molecule has 1 aromatic carbocycles. The molecule has 1 unspecified atom stereocenters. The Morgan fingerprint density at radius 2 is 2.04 bits per heavy atom. The number of nitrogens with zero attached hydrogens (tertiary/aromatic N) is 2. The van der Waals surface area contributed by atoms with E-state index in [1.165, 1.54) is 0 Å². The van der Waals surface area contributed by atoms with Crippen LogP contribution in [0.1, 0.15) is 29.6 Å². The van der Waals surface area contributed by atoms with Gasteiger partial charge in [0.05, 0.1) is 22.2 Å². The second-order valence-electron chi connectivity index (χ2n) is 5.79. The van der Waals surface area contributed by atoms with Gasteiger partial charge in [-0.05, 0) is 38.4 Å². The van der Waals surface area contributed by atoms with Gasteiger partial charge in [0.2, 0.25) is 0 Å². The van der Waals surface area contributed by atoms with Gasteiger partial charge in [-0.3, -0.25) is 14.5 Å². The second-order valence-corrected chi connectivity index (χ2v) is 6.57. The van der Waals surface area contributed by atoms with Crippen molar-refractivity contribution in [1.82, 2.24) is 9.80 Å². The Morgan fingerprint density at radius 3 is 2.74 bits per heavy atom. The van der Waals surface area contributed by atoms with E-state index in [2.05, 4.69) is 0 Å². The zero-order valence-electron chi connectivity index (χ0n) is 13.0. The highest BCUT2D eigenvalue weighted by Gasteiger charge is 2.25. The van der Waals surface area contributed by atoms with Gasteiger partial charge in [-0.25, -0.2) is 0 Å². The first-order valence-corrected chi connectivity index (χ1v) is 8.31. The fraction of sp³-hybridized carbons (Fsp3) is 0.500. The van der Waals surface area contributed by atoms with Gasteiger partial charge in [-0.2, -0.15) is 0 Å². The van der Waals surface area contributed by atoms with Crippen LogP contribution < -0.4 is 0 Å². The minimum absolute atomic E-state index is 0.0126. The van der Waals surface area contributed by atoms with Crippen LogP contribution in [-0.4, -0.2) is 59.5 Å². The topological polar surface area (TPSA) is 60.9 Å². The fourth-order valence-corrected chi connectivity index (χ4v) is 3.29. The van der Waals surface area contributed by atoms with Crippen LogP contribution in [0, 0.1) is 0 Å². The first kappa shape index (κ1) is 18.0. The molecule has 0 aliphatic carbocycles. The number of amides is 1. The molecule has 1 atom stereocenters. The summed E-state index contributed by atoms with van der Waals surface area (Å²) in [5.41, 5.74) is 0.413. The van der Waals surface area contributed by atoms with E-state index >= 15 is 0 Å². The summed E-state index contributed by atoms with van der Waals surface area (Å²) < 4.78 is 0. The molecule has 1 amide bonds. The van der Waals surface area contributed by atoms with E-state index < -0.39 is 5.97 Å². The van der Waals surface area contributed by atoms with Crippen molar-refractivity contribution < 1.29 is 14.7 Å². The van der Waals surface area contributed by atoms with Crippen LogP contribution in [-0.2, 0) is 4.79 Å². The normalized spacial score (nSPS) is 18.8. The predicted molar refractivity (Wildman–Crippen MR) is 90.3 cm³/mol. The lowest BCUT2D eigenvalue weighted by molar-refractivity contribution is -0.138. The van der Waals surface area contributed by atoms with Gasteiger partial charge >= 0.3 is 5.97 Å². The summed E-state index contributed by atoms with van der Waals surface area (Å²) in [7, 11) is 1.81. The molecule has 7 heteroatoms. The fourth-order valence-electron chi connectivity index (χ4n) is 2.90. The molecule has 2 rings (SSSR count). The largest absolute Gasteiger partial charge is 0.480 e. The molecule has 1 N–H and O–H groups in total. The van der Waals surface area contributed by atoms with Crippen molar-refractivity contribution in [1.29, 1.82) is 0 Å². The highest BCUT2D eigenvalue weighted by Crippen LogP contribution is 2.27. The van der Waals surface area contributed by atoms with Gasteiger partial charge in [0, 0.05) is 19.1 Å². The quantitative estimate of drug-likeness (QED) is 0.898. The molecule has 0 saturated carbocycles. The van der Waals surface area contributed by atoms with Crippen molar-refractivity contribution in [3.63, 3.8) is 0 Å². The van der Waals surface area contributed by atoms with Gasteiger partial charge in [-0.1, -0.05) is 29.3 Å². The van der Waals surface area contributed by atoms with Crippen molar-refractivity contribution in [2.24, 2.45) is 0 Å². The average Bonchev–Trinajstić information content (AvgIpc) is 2.74. The van der Waals surface area contributed by atoms with Crippen LogP contribution in [0.2, 0.25) is 10.0 Å². The number of hydrogen-bond donors (Lipinski definition) is 1. The molecule has 1 aromatic rings. The predicted octanol–water partition coefficient (Wildman–Crippen LogP) is 3.00. The van der Waals surface area contributed by atoms with Gasteiger partial charge < -0.3 is 10.0 Å². The molecule has 5 nitrogen and oxygen atoms in total. The molecule has 0 bridgehead atoms. The Bertz CT molecular complexity index is 595. The number of rotatable bonds is 4. The van der Waals surface area contributed by atoms with Crippen molar-refractivity contribution >= 4 is 35.1 Å². The van der Waals surface area contributed by atoms with Crippen LogP contribution in [0.3, 0.4) is 0 Å². The number of carboxylic acids is 1. The maximum atomic E-state index is 12.7. The number of likely N-dealkylation sites (N-methyl/N-ethyl adjacent to an activating group) is 1. The molecule has 1 heterocycles. The third-order valence-corrected chi connectivity index (χ3v) is 4.99. The summed E-state index contributed by atoms with van der Waals surface area (Å²) in [5.74, 6) is -0.963.